The maximum Gasteiger partial charge on any atom is 0.260 e. The summed E-state index contributed by atoms with van der Waals surface area (Å²) in [5.41, 5.74) is 2.22. The third-order valence-corrected chi connectivity index (χ3v) is 4.88. The van der Waals surface area contributed by atoms with Crippen LogP contribution in [0.25, 0.3) is 0 Å². The fourth-order valence-corrected chi connectivity index (χ4v) is 3.41. The van der Waals surface area contributed by atoms with Crippen molar-refractivity contribution in [2.45, 2.75) is 26.3 Å². The number of carbonyl (C=O) groups is 1. The van der Waals surface area contributed by atoms with Crippen molar-refractivity contribution in [1.29, 1.82) is 0 Å². The summed E-state index contributed by atoms with van der Waals surface area (Å²) in [7, 11) is 0. The lowest BCUT2D eigenvalue weighted by molar-refractivity contribution is -0.132. The highest BCUT2D eigenvalue weighted by atomic mass is 35.5. The molecule has 0 aliphatic carbocycles. The van der Waals surface area contributed by atoms with Crippen molar-refractivity contribution >= 4 is 18.3 Å². The van der Waals surface area contributed by atoms with Gasteiger partial charge in [0.1, 0.15) is 5.75 Å². The molecule has 2 saturated heterocycles. The van der Waals surface area contributed by atoms with E-state index in [0.717, 1.165) is 62.6 Å². The van der Waals surface area contributed by atoms with Gasteiger partial charge in [-0.05, 0) is 37.5 Å². The van der Waals surface area contributed by atoms with Crippen LogP contribution in [-0.2, 0) is 4.79 Å². The average molecular weight is 354 g/mol. The molecule has 24 heavy (non-hydrogen) atoms. The second kappa shape index (κ2) is 8.70. The van der Waals surface area contributed by atoms with E-state index in [9.17, 15) is 4.79 Å². The summed E-state index contributed by atoms with van der Waals surface area (Å²) in [4.78, 5) is 16.9. The van der Waals surface area contributed by atoms with Crippen molar-refractivity contribution in [2.75, 3.05) is 45.9 Å². The number of halogens is 1. The third kappa shape index (κ3) is 4.62. The third-order valence-electron chi connectivity index (χ3n) is 4.88. The number of rotatable bonds is 4. The number of nitrogens with zero attached hydrogens (tertiary/aromatic N) is 2. The molecule has 134 valence electrons. The van der Waals surface area contributed by atoms with Crippen LogP contribution in [0, 0.1) is 13.8 Å². The van der Waals surface area contributed by atoms with E-state index < -0.39 is 0 Å². The molecule has 1 aromatic rings. The molecule has 5 nitrogen and oxygen atoms in total. The molecule has 1 atom stereocenters. The van der Waals surface area contributed by atoms with Gasteiger partial charge in [0.05, 0.1) is 0 Å². The van der Waals surface area contributed by atoms with Gasteiger partial charge in [0.15, 0.2) is 6.61 Å². The van der Waals surface area contributed by atoms with Crippen LogP contribution < -0.4 is 10.1 Å². The minimum absolute atomic E-state index is 0. The molecule has 1 unspecified atom stereocenters. The summed E-state index contributed by atoms with van der Waals surface area (Å²) >= 11 is 0. The first kappa shape index (κ1) is 19.0. The number of nitrogens with one attached hydrogen (secondary N) is 1. The highest BCUT2D eigenvalue weighted by molar-refractivity contribution is 5.85. The lowest BCUT2D eigenvalue weighted by Gasteiger charge is -2.32. The second-order valence-electron chi connectivity index (χ2n) is 6.63. The largest absolute Gasteiger partial charge is 0.483 e. The Kier molecular flexibility index (Phi) is 6.90. The number of carbonyl (C=O) groups excluding carboxylic acids is 1. The Bertz CT molecular complexity index is 561. The van der Waals surface area contributed by atoms with Crippen LogP contribution in [-0.4, -0.2) is 67.6 Å². The molecule has 2 aliphatic heterocycles. The smallest absolute Gasteiger partial charge is 0.260 e. The van der Waals surface area contributed by atoms with Crippen molar-refractivity contribution in [1.82, 2.24) is 15.1 Å². The zero-order valence-corrected chi connectivity index (χ0v) is 15.4. The molecule has 3 rings (SSSR count). The van der Waals surface area contributed by atoms with E-state index in [1.807, 2.05) is 30.9 Å². The number of ether oxygens (including phenoxy) is 1. The maximum absolute atomic E-state index is 12.4. The fourth-order valence-electron chi connectivity index (χ4n) is 3.41. The molecular weight excluding hydrogens is 326 g/mol. The van der Waals surface area contributed by atoms with Gasteiger partial charge in [-0.1, -0.05) is 12.1 Å². The number of hydrogen-bond donors (Lipinski definition) is 1. The fraction of sp³-hybridized carbons (Fsp3) is 0.611. The zero-order chi connectivity index (χ0) is 16.2. The Morgan fingerprint density at radius 3 is 2.75 bits per heavy atom. The highest BCUT2D eigenvalue weighted by Crippen LogP contribution is 2.20. The standard InChI is InChI=1S/C18H27N3O2.ClH/c1-14-3-4-15(2)17(11-14)23-13-18(22)21-8-5-16(12-21)20-9-6-19-7-10-20;/h3-4,11,16,19H,5-10,12-13H2,1-2H3;1H. The molecule has 1 amide bonds. The van der Waals surface area contributed by atoms with Crippen LogP contribution in [0.2, 0.25) is 0 Å². The minimum atomic E-state index is 0. The summed E-state index contributed by atoms with van der Waals surface area (Å²) in [6.45, 7) is 10.2. The Morgan fingerprint density at radius 1 is 1.25 bits per heavy atom. The molecule has 2 heterocycles. The van der Waals surface area contributed by atoms with Gasteiger partial charge in [-0.3, -0.25) is 9.69 Å². The SMILES string of the molecule is Cc1ccc(C)c(OCC(=O)N2CCC(N3CCNCC3)C2)c1.Cl. The van der Waals surface area contributed by atoms with E-state index in [2.05, 4.69) is 16.3 Å². The lowest BCUT2D eigenvalue weighted by atomic mass is 10.1. The van der Waals surface area contributed by atoms with Gasteiger partial charge in [0.2, 0.25) is 0 Å². The average Bonchev–Trinajstić information content (AvgIpc) is 3.06. The van der Waals surface area contributed by atoms with Crippen LogP contribution in [0.3, 0.4) is 0 Å². The molecule has 2 fully saturated rings. The van der Waals surface area contributed by atoms with Gasteiger partial charge in [-0.2, -0.15) is 0 Å². The Morgan fingerprint density at radius 2 is 2.00 bits per heavy atom. The van der Waals surface area contributed by atoms with Gasteiger partial charge in [0, 0.05) is 45.3 Å². The molecule has 0 aromatic heterocycles. The van der Waals surface area contributed by atoms with Crippen LogP contribution >= 0.6 is 12.4 Å². The normalized spacial score (nSPS) is 21.4. The van der Waals surface area contributed by atoms with Crippen molar-refractivity contribution < 1.29 is 9.53 Å². The predicted molar refractivity (Wildman–Crippen MR) is 98.1 cm³/mol. The van der Waals surface area contributed by atoms with Gasteiger partial charge < -0.3 is 15.0 Å². The van der Waals surface area contributed by atoms with E-state index in [-0.39, 0.29) is 24.9 Å². The molecule has 0 bridgehead atoms. The van der Waals surface area contributed by atoms with E-state index in [1.165, 1.54) is 0 Å². The molecule has 1 aromatic carbocycles. The number of hydrogen-bond acceptors (Lipinski definition) is 4. The van der Waals surface area contributed by atoms with Gasteiger partial charge >= 0.3 is 0 Å². The molecular formula is C18H28ClN3O2. The summed E-state index contributed by atoms with van der Waals surface area (Å²) in [5, 5.41) is 3.38. The maximum atomic E-state index is 12.4. The first-order chi connectivity index (χ1) is 11.1. The minimum Gasteiger partial charge on any atom is -0.483 e. The predicted octanol–water partition coefficient (Wildman–Crippen LogP) is 1.61. The number of piperazine rings is 1. The highest BCUT2D eigenvalue weighted by Gasteiger charge is 2.30. The van der Waals surface area contributed by atoms with Gasteiger partial charge in [-0.15, -0.1) is 12.4 Å². The number of likely N-dealkylation sites (tertiary alicyclic amines) is 1. The Balaban J connectivity index is 0.00000208. The summed E-state index contributed by atoms with van der Waals surface area (Å²) in [6.07, 6.45) is 1.08. The first-order valence-corrected chi connectivity index (χ1v) is 8.56. The molecule has 6 heteroatoms. The van der Waals surface area contributed by atoms with Crippen molar-refractivity contribution in [3.8, 4) is 5.75 Å². The quantitative estimate of drug-likeness (QED) is 0.893. The topological polar surface area (TPSA) is 44.8 Å². The number of benzene rings is 1. The van der Waals surface area contributed by atoms with E-state index in [4.69, 9.17) is 4.74 Å². The van der Waals surface area contributed by atoms with Crippen molar-refractivity contribution in [3.63, 3.8) is 0 Å². The van der Waals surface area contributed by atoms with E-state index >= 15 is 0 Å². The number of amides is 1. The van der Waals surface area contributed by atoms with Gasteiger partial charge in [0.25, 0.3) is 5.91 Å². The van der Waals surface area contributed by atoms with Gasteiger partial charge in [-0.25, -0.2) is 0 Å². The van der Waals surface area contributed by atoms with Crippen LogP contribution in [0.15, 0.2) is 18.2 Å². The van der Waals surface area contributed by atoms with E-state index in [0.29, 0.717) is 6.04 Å². The summed E-state index contributed by atoms with van der Waals surface area (Å²) in [6, 6.07) is 6.60. The van der Waals surface area contributed by atoms with Crippen LogP contribution in [0.5, 0.6) is 5.75 Å². The summed E-state index contributed by atoms with van der Waals surface area (Å²) in [5.74, 6) is 0.916. The molecule has 0 spiro atoms. The summed E-state index contributed by atoms with van der Waals surface area (Å²) < 4.78 is 5.76. The first-order valence-electron chi connectivity index (χ1n) is 8.56. The molecule has 1 N–H and O–H groups in total. The van der Waals surface area contributed by atoms with Crippen molar-refractivity contribution in [2.24, 2.45) is 0 Å². The van der Waals surface area contributed by atoms with Crippen LogP contribution in [0.4, 0.5) is 0 Å². The molecule has 0 radical (unpaired) electrons. The molecule has 0 saturated carbocycles. The molecule has 2 aliphatic rings. The monoisotopic (exact) mass is 353 g/mol. The van der Waals surface area contributed by atoms with Crippen molar-refractivity contribution in [3.05, 3.63) is 29.3 Å². The van der Waals surface area contributed by atoms with Crippen LogP contribution in [0.1, 0.15) is 17.5 Å². The zero-order valence-electron chi connectivity index (χ0n) is 14.6. The Labute approximate surface area is 150 Å². The Hall–Kier alpha value is -1.30. The number of aryl methyl sites for hydroxylation is 2. The van der Waals surface area contributed by atoms with E-state index in [1.54, 1.807) is 0 Å². The second-order valence-corrected chi connectivity index (χ2v) is 6.63. The lowest BCUT2D eigenvalue weighted by Crippen LogP contribution is -2.49.